The number of likely N-dealkylation sites (N-methyl/N-ethyl adjacent to an activating group) is 1. The molecule has 0 spiro atoms. The molecule has 0 aliphatic heterocycles. The van der Waals surface area contributed by atoms with Crippen molar-refractivity contribution in [3.63, 3.8) is 0 Å². The topological polar surface area (TPSA) is 83.6 Å². The van der Waals surface area contributed by atoms with Crippen LogP contribution in [0, 0.1) is 0 Å². The Bertz CT molecular complexity index is 444. The minimum absolute atomic E-state index is 0.150. The van der Waals surface area contributed by atoms with Crippen molar-refractivity contribution < 1.29 is 14.7 Å². The van der Waals surface area contributed by atoms with Crippen LogP contribution in [0.15, 0.2) is 24.3 Å². The Morgan fingerprint density at radius 1 is 1.39 bits per heavy atom. The van der Waals surface area contributed by atoms with Gasteiger partial charge in [-0.2, -0.15) is 0 Å². The van der Waals surface area contributed by atoms with E-state index in [4.69, 9.17) is 10.8 Å². The molecule has 0 fully saturated rings. The van der Waals surface area contributed by atoms with E-state index in [1.165, 1.54) is 4.90 Å². The summed E-state index contributed by atoms with van der Waals surface area (Å²) >= 11 is 0. The first-order valence-corrected chi connectivity index (χ1v) is 5.75. The zero-order valence-electron chi connectivity index (χ0n) is 10.6. The number of nitrogens with two attached hydrogens (primary N) is 1. The average molecular weight is 250 g/mol. The van der Waals surface area contributed by atoms with Crippen LogP contribution in [0.5, 0.6) is 0 Å². The molecule has 1 rings (SSSR count). The van der Waals surface area contributed by atoms with Crippen LogP contribution in [0.4, 0.5) is 0 Å². The van der Waals surface area contributed by atoms with E-state index < -0.39 is 12.0 Å². The van der Waals surface area contributed by atoms with Gasteiger partial charge >= 0.3 is 5.97 Å². The van der Waals surface area contributed by atoms with Crippen LogP contribution in [0.1, 0.15) is 22.8 Å². The Kier molecular flexibility index (Phi) is 4.85. The fourth-order valence-corrected chi connectivity index (χ4v) is 1.69. The molecule has 0 saturated carbocycles. The van der Waals surface area contributed by atoms with E-state index in [-0.39, 0.29) is 11.5 Å². The van der Waals surface area contributed by atoms with E-state index in [9.17, 15) is 9.59 Å². The third-order valence-electron chi connectivity index (χ3n) is 2.73. The van der Waals surface area contributed by atoms with Gasteiger partial charge in [0.05, 0.1) is 11.6 Å². The maximum atomic E-state index is 11.6. The number of carboxylic acid groups (broad SMARTS) is 1. The summed E-state index contributed by atoms with van der Waals surface area (Å²) in [4.78, 5) is 24.1. The van der Waals surface area contributed by atoms with Crippen molar-refractivity contribution in [1.29, 1.82) is 0 Å². The largest absolute Gasteiger partial charge is 0.478 e. The second-order valence-corrected chi connectivity index (χ2v) is 4.26. The summed E-state index contributed by atoms with van der Waals surface area (Å²) in [5.74, 6) is -1.10. The number of benzene rings is 1. The van der Waals surface area contributed by atoms with E-state index in [1.807, 2.05) is 0 Å². The number of rotatable bonds is 5. The van der Waals surface area contributed by atoms with Gasteiger partial charge < -0.3 is 15.7 Å². The number of carbonyl (C=O) groups is 2. The summed E-state index contributed by atoms with van der Waals surface area (Å²) < 4.78 is 0. The molecule has 0 aromatic heterocycles. The number of amides is 1. The summed E-state index contributed by atoms with van der Waals surface area (Å²) in [6.07, 6.45) is 0.497. The van der Waals surface area contributed by atoms with Crippen molar-refractivity contribution in [1.82, 2.24) is 4.90 Å². The average Bonchev–Trinajstić information content (AvgIpc) is 2.35. The Morgan fingerprint density at radius 2 is 2.00 bits per heavy atom. The molecule has 0 aliphatic rings. The van der Waals surface area contributed by atoms with Gasteiger partial charge in [0.2, 0.25) is 5.91 Å². The fraction of sp³-hybridized carbons (Fsp3) is 0.385. The van der Waals surface area contributed by atoms with Crippen LogP contribution >= 0.6 is 0 Å². The van der Waals surface area contributed by atoms with E-state index in [2.05, 4.69) is 0 Å². The summed E-state index contributed by atoms with van der Waals surface area (Å²) in [7, 11) is 1.66. The Balaban J connectivity index is 2.69. The Hall–Kier alpha value is -1.88. The molecule has 0 bridgehead atoms. The molecule has 1 aromatic carbocycles. The SMILES string of the molecule is C[C@@H](N)C(=O)N(C)CCc1ccccc1C(=O)O. The fourth-order valence-electron chi connectivity index (χ4n) is 1.69. The molecule has 3 N–H and O–H groups in total. The number of carboxylic acids is 1. The van der Waals surface area contributed by atoms with Crippen LogP contribution in [-0.4, -0.2) is 41.5 Å². The highest BCUT2D eigenvalue weighted by Gasteiger charge is 2.14. The number of nitrogens with zero attached hydrogens (tertiary/aromatic N) is 1. The standard InChI is InChI=1S/C13H18N2O3/c1-9(14)12(16)15(2)8-7-10-5-3-4-6-11(10)13(17)18/h3-6,9H,7-8,14H2,1-2H3,(H,17,18)/t9-/m1/s1. The number of carbonyl (C=O) groups excluding carboxylic acids is 1. The van der Waals surface area contributed by atoms with Gasteiger partial charge in [-0.25, -0.2) is 4.79 Å². The first-order valence-electron chi connectivity index (χ1n) is 5.75. The molecule has 5 heteroatoms. The molecule has 5 nitrogen and oxygen atoms in total. The maximum Gasteiger partial charge on any atom is 0.335 e. The van der Waals surface area contributed by atoms with Gasteiger partial charge in [-0.1, -0.05) is 18.2 Å². The third kappa shape index (κ3) is 3.56. The summed E-state index contributed by atoms with van der Waals surface area (Å²) in [6.45, 7) is 2.08. The summed E-state index contributed by atoms with van der Waals surface area (Å²) in [6, 6.07) is 6.25. The summed E-state index contributed by atoms with van der Waals surface area (Å²) in [5.41, 5.74) is 6.49. The molecule has 98 valence electrons. The van der Waals surface area contributed by atoms with E-state index in [0.29, 0.717) is 18.5 Å². The zero-order valence-corrected chi connectivity index (χ0v) is 10.6. The van der Waals surface area contributed by atoms with Crippen molar-refractivity contribution in [3.8, 4) is 0 Å². The normalized spacial score (nSPS) is 11.9. The third-order valence-corrected chi connectivity index (χ3v) is 2.73. The van der Waals surface area contributed by atoms with E-state index in [0.717, 1.165) is 0 Å². The Labute approximate surface area is 106 Å². The maximum absolute atomic E-state index is 11.6. The lowest BCUT2D eigenvalue weighted by atomic mass is 10.0. The molecule has 0 unspecified atom stereocenters. The monoisotopic (exact) mass is 250 g/mol. The highest BCUT2D eigenvalue weighted by atomic mass is 16.4. The van der Waals surface area contributed by atoms with Crippen LogP contribution < -0.4 is 5.73 Å². The van der Waals surface area contributed by atoms with Gasteiger partial charge in [-0.3, -0.25) is 4.79 Å². The van der Waals surface area contributed by atoms with Gasteiger partial charge in [-0.15, -0.1) is 0 Å². The number of hydrogen-bond acceptors (Lipinski definition) is 3. The lowest BCUT2D eigenvalue weighted by molar-refractivity contribution is -0.130. The second kappa shape index (κ2) is 6.16. The minimum atomic E-state index is -0.952. The first kappa shape index (κ1) is 14.2. The van der Waals surface area contributed by atoms with Crippen LogP contribution in [0.2, 0.25) is 0 Å². The van der Waals surface area contributed by atoms with Gasteiger partial charge in [-0.05, 0) is 25.0 Å². The van der Waals surface area contributed by atoms with Crippen LogP contribution in [0.3, 0.4) is 0 Å². The molecule has 0 radical (unpaired) electrons. The lowest BCUT2D eigenvalue weighted by Gasteiger charge is -2.19. The van der Waals surface area contributed by atoms with E-state index >= 15 is 0 Å². The smallest absolute Gasteiger partial charge is 0.335 e. The highest BCUT2D eigenvalue weighted by Crippen LogP contribution is 2.10. The van der Waals surface area contributed by atoms with E-state index in [1.54, 1.807) is 38.2 Å². The lowest BCUT2D eigenvalue weighted by Crippen LogP contribution is -2.40. The van der Waals surface area contributed by atoms with Crippen molar-refractivity contribution in [2.75, 3.05) is 13.6 Å². The molecular weight excluding hydrogens is 232 g/mol. The Morgan fingerprint density at radius 3 is 2.56 bits per heavy atom. The van der Waals surface area contributed by atoms with Gasteiger partial charge in [0.1, 0.15) is 0 Å². The summed E-state index contributed by atoms with van der Waals surface area (Å²) in [5, 5.41) is 9.03. The van der Waals surface area contributed by atoms with Gasteiger partial charge in [0.25, 0.3) is 0 Å². The molecule has 1 aromatic rings. The molecule has 18 heavy (non-hydrogen) atoms. The van der Waals surface area contributed by atoms with Crippen LogP contribution in [-0.2, 0) is 11.2 Å². The second-order valence-electron chi connectivity index (χ2n) is 4.26. The van der Waals surface area contributed by atoms with Crippen molar-refractivity contribution in [2.45, 2.75) is 19.4 Å². The molecule has 1 atom stereocenters. The zero-order chi connectivity index (χ0) is 13.7. The minimum Gasteiger partial charge on any atom is -0.478 e. The molecule has 1 amide bonds. The molecule has 0 saturated heterocycles. The predicted octanol–water partition coefficient (Wildman–Crippen LogP) is 0.733. The molecule has 0 heterocycles. The van der Waals surface area contributed by atoms with Gasteiger partial charge in [0, 0.05) is 13.6 Å². The van der Waals surface area contributed by atoms with Crippen molar-refractivity contribution in [3.05, 3.63) is 35.4 Å². The van der Waals surface area contributed by atoms with Gasteiger partial charge in [0.15, 0.2) is 0 Å². The number of hydrogen-bond donors (Lipinski definition) is 2. The number of aromatic carboxylic acids is 1. The van der Waals surface area contributed by atoms with Crippen molar-refractivity contribution in [2.24, 2.45) is 5.73 Å². The highest BCUT2D eigenvalue weighted by molar-refractivity contribution is 5.89. The molecule has 0 aliphatic carbocycles. The predicted molar refractivity (Wildman–Crippen MR) is 68.4 cm³/mol. The van der Waals surface area contributed by atoms with Crippen LogP contribution in [0.25, 0.3) is 0 Å². The first-order chi connectivity index (χ1) is 8.43. The van der Waals surface area contributed by atoms with Crippen molar-refractivity contribution >= 4 is 11.9 Å². The molecular formula is C13H18N2O3. The quantitative estimate of drug-likeness (QED) is 0.807.